The first kappa shape index (κ1) is 11.3. The third-order valence-corrected chi connectivity index (χ3v) is 3.78. The Balaban J connectivity index is 1.58. The fourth-order valence-electron chi connectivity index (χ4n) is 1.83. The summed E-state index contributed by atoms with van der Waals surface area (Å²) in [5, 5.41) is 0. The molecule has 1 aromatic rings. The lowest BCUT2D eigenvalue weighted by molar-refractivity contribution is 1.13. The van der Waals surface area contributed by atoms with E-state index in [9.17, 15) is 0 Å². The van der Waals surface area contributed by atoms with E-state index in [1.165, 1.54) is 5.56 Å². The van der Waals surface area contributed by atoms with Gasteiger partial charge in [-0.2, -0.15) is 11.8 Å². The maximum atomic E-state index is 4.31. The number of fused-ring (bicyclic) bond motifs is 1. The van der Waals surface area contributed by atoms with E-state index in [1.807, 2.05) is 17.8 Å². The highest BCUT2D eigenvalue weighted by molar-refractivity contribution is 7.99. The van der Waals surface area contributed by atoms with Crippen LogP contribution in [0.3, 0.4) is 0 Å². The number of thioether (sulfide) groups is 1. The quantitative estimate of drug-likeness (QED) is 0.814. The second kappa shape index (κ2) is 5.27. The highest BCUT2D eigenvalue weighted by Crippen LogP contribution is 2.16. The first-order valence-electron chi connectivity index (χ1n) is 5.73. The summed E-state index contributed by atoms with van der Waals surface area (Å²) in [5.74, 6) is 2.61. The lowest BCUT2D eigenvalue weighted by atomic mass is 10.2. The Morgan fingerprint density at radius 1 is 1.00 bits per heavy atom. The van der Waals surface area contributed by atoms with Crippen molar-refractivity contribution in [2.75, 3.05) is 5.75 Å². The summed E-state index contributed by atoms with van der Waals surface area (Å²) in [6, 6.07) is 10.4. The van der Waals surface area contributed by atoms with Crippen LogP contribution in [0, 0.1) is 0 Å². The van der Waals surface area contributed by atoms with Crippen LogP contribution in [0.2, 0.25) is 0 Å². The minimum absolute atomic E-state index is 0.0433. The predicted octanol–water partition coefficient (Wildman–Crippen LogP) is 2.21. The zero-order valence-electron chi connectivity index (χ0n) is 9.73. The molecule has 0 aliphatic carbocycles. The smallest absolute Gasteiger partial charge is 0.162 e. The molecule has 0 unspecified atom stereocenters. The third kappa shape index (κ3) is 2.41. The molecule has 0 amide bonds. The SMILES string of the molecule is C1=NC2=NC=N[C@H]2C(CSCc2ccccc2)=N1. The second-order valence-corrected chi connectivity index (χ2v) is 4.98. The molecule has 0 N–H and O–H groups in total. The Morgan fingerprint density at radius 3 is 2.78 bits per heavy atom. The number of rotatable bonds is 4. The van der Waals surface area contributed by atoms with Gasteiger partial charge >= 0.3 is 0 Å². The zero-order valence-corrected chi connectivity index (χ0v) is 10.5. The van der Waals surface area contributed by atoms with Crippen molar-refractivity contribution in [1.29, 1.82) is 0 Å². The molecule has 0 spiro atoms. The molecule has 90 valence electrons. The van der Waals surface area contributed by atoms with Gasteiger partial charge in [-0.1, -0.05) is 30.3 Å². The van der Waals surface area contributed by atoms with Crippen molar-refractivity contribution in [2.24, 2.45) is 20.0 Å². The molecule has 18 heavy (non-hydrogen) atoms. The second-order valence-electron chi connectivity index (χ2n) is 4.00. The molecule has 2 heterocycles. The van der Waals surface area contributed by atoms with Crippen LogP contribution in [-0.2, 0) is 5.75 Å². The molecule has 3 rings (SSSR count). The third-order valence-electron chi connectivity index (χ3n) is 2.74. The van der Waals surface area contributed by atoms with Gasteiger partial charge in [0.2, 0.25) is 0 Å². The minimum atomic E-state index is -0.0433. The van der Waals surface area contributed by atoms with Gasteiger partial charge in [-0.05, 0) is 5.56 Å². The molecule has 0 bridgehead atoms. The summed E-state index contributed by atoms with van der Waals surface area (Å²) in [4.78, 5) is 16.8. The number of nitrogens with zero attached hydrogens (tertiary/aromatic N) is 4. The van der Waals surface area contributed by atoms with E-state index in [0.29, 0.717) is 0 Å². The van der Waals surface area contributed by atoms with Crippen LogP contribution in [0.25, 0.3) is 0 Å². The lowest BCUT2D eigenvalue weighted by Crippen LogP contribution is -2.29. The average Bonchev–Trinajstić information content (AvgIpc) is 2.89. The first-order chi connectivity index (χ1) is 8.93. The molecular formula is C13H12N4S. The van der Waals surface area contributed by atoms with Gasteiger partial charge in [0.1, 0.15) is 12.7 Å². The average molecular weight is 256 g/mol. The highest BCUT2D eigenvalue weighted by atomic mass is 32.2. The van der Waals surface area contributed by atoms with Gasteiger partial charge in [-0.25, -0.2) is 15.0 Å². The van der Waals surface area contributed by atoms with E-state index in [4.69, 9.17) is 0 Å². The molecule has 1 aromatic carbocycles. The van der Waals surface area contributed by atoms with Gasteiger partial charge < -0.3 is 0 Å². The summed E-state index contributed by atoms with van der Waals surface area (Å²) in [6.07, 6.45) is 3.14. The van der Waals surface area contributed by atoms with Gasteiger partial charge in [0, 0.05) is 11.5 Å². The van der Waals surface area contributed by atoms with E-state index in [0.717, 1.165) is 23.1 Å². The molecule has 1 atom stereocenters. The van der Waals surface area contributed by atoms with Crippen molar-refractivity contribution in [1.82, 2.24) is 0 Å². The predicted molar refractivity (Wildman–Crippen MR) is 78.2 cm³/mol. The maximum Gasteiger partial charge on any atom is 0.162 e. The number of hydrogen-bond acceptors (Lipinski definition) is 5. The summed E-state index contributed by atoms with van der Waals surface area (Å²) < 4.78 is 0. The molecule has 0 radical (unpaired) electrons. The van der Waals surface area contributed by atoms with Gasteiger partial charge in [-0.3, -0.25) is 4.99 Å². The highest BCUT2D eigenvalue weighted by Gasteiger charge is 2.25. The van der Waals surface area contributed by atoms with E-state index in [2.05, 4.69) is 44.2 Å². The van der Waals surface area contributed by atoms with Gasteiger partial charge in [0.05, 0.1) is 5.71 Å². The fraction of sp³-hybridized carbons (Fsp3) is 0.231. The van der Waals surface area contributed by atoms with Crippen molar-refractivity contribution in [3.05, 3.63) is 35.9 Å². The molecule has 0 fully saturated rings. The lowest BCUT2D eigenvalue weighted by Gasteiger charge is -2.13. The number of amidine groups is 1. The molecule has 5 heteroatoms. The van der Waals surface area contributed by atoms with Crippen LogP contribution >= 0.6 is 11.8 Å². The summed E-state index contributed by atoms with van der Waals surface area (Å²) >= 11 is 1.84. The molecule has 0 saturated carbocycles. The van der Waals surface area contributed by atoms with Crippen LogP contribution < -0.4 is 0 Å². The standard InChI is InChI=1S/C13H12N4S/c1-2-4-10(5-3-1)6-18-7-11-12-13(16-8-14-11)17-9-15-12/h1-5,8-9,12H,6-7H2/t12-/m0/s1. The van der Waals surface area contributed by atoms with Crippen LogP contribution in [0.1, 0.15) is 5.56 Å². The Labute approximate surface area is 110 Å². The molecule has 0 aromatic heterocycles. The number of benzene rings is 1. The van der Waals surface area contributed by atoms with Crippen molar-refractivity contribution in [3.63, 3.8) is 0 Å². The van der Waals surface area contributed by atoms with E-state index in [1.54, 1.807) is 12.7 Å². The Bertz CT molecular complexity index is 545. The van der Waals surface area contributed by atoms with Gasteiger partial charge in [-0.15, -0.1) is 0 Å². The van der Waals surface area contributed by atoms with Crippen LogP contribution in [0.5, 0.6) is 0 Å². The van der Waals surface area contributed by atoms with Crippen LogP contribution in [-0.4, -0.2) is 36.0 Å². The number of hydrogen-bond donors (Lipinski definition) is 0. The van der Waals surface area contributed by atoms with E-state index in [-0.39, 0.29) is 6.04 Å². The topological polar surface area (TPSA) is 49.4 Å². The zero-order chi connectivity index (χ0) is 12.2. The largest absolute Gasteiger partial charge is 0.256 e. The van der Waals surface area contributed by atoms with Gasteiger partial charge in [0.15, 0.2) is 11.9 Å². The summed E-state index contributed by atoms with van der Waals surface area (Å²) in [6.45, 7) is 0. The number of aliphatic imine (C=N–C) groups is 4. The molecule has 2 aliphatic heterocycles. The van der Waals surface area contributed by atoms with Gasteiger partial charge in [0.25, 0.3) is 0 Å². The van der Waals surface area contributed by atoms with Crippen molar-refractivity contribution >= 4 is 36.0 Å². The first-order valence-corrected chi connectivity index (χ1v) is 6.89. The Hall–Kier alpha value is -1.75. The van der Waals surface area contributed by atoms with Crippen molar-refractivity contribution < 1.29 is 0 Å². The van der Waals surface area contributed by atoms with Crippen molar-refractivity contribution in [2.45, 2.75) is 11.8 Å². The van der Waals surface area contributed by atoms with Crippen LogP contribution in [0.15, 0.2) is 50.3 Å². The normalized spacial score (nSPS) is 20.6. The van der Waals surface area contributed by atoms with Crippen LogP contribution in [0.4, 0.5) is 0 Å². The molecule has 0 saturated heterocycles. The molecule has 4 nitrogen and oxygen atoms in total. The summed E-state index contributed by atoms with van der Waals surface area (Å²) in [7, 11) is 0. The molecular weight excluding hydrogens is 244 g/mol. The summed E-state index contributed by atoms with van der Waals surface area (Å²) in [5.41, 5.74) is 2.37. The van der Waals surface area contributed by atoms with E-state index < -0.39 is 0 Å². The minimum Gasteiger partial charge on any atom is -0.256 e. The Kier molecular flexibility index (Phi) is 3.32. The molecule has 2 aliphatic rings. The fourth-order valence-corrected chi connectivity index (χ4v) is 2.80. The van der Waals surface area contributed by atoms with E-state index >= 15 is 0 Å². The monoisotopic (exact) mass is 256 g/mol. The Morgan fingerprint density at radius 2 is 1.89 bits per heavy atom. The van der Waals surface area contributed by atoms with Crippen molar-refractivity contribution in [3.8, 4) is 0 Å². The maximum absolute atomic E-state index is 4.31.